The van der Waals surface area contributed by atoms with Gasteiger partial charge < -0.3 is 4.74 Å². The van der Waals surface area contributed by atoms with Gasteiger partial charge in [0.15, 0.2) is 0 Å². The molecular formula is C15H18N2O2S. The zero-order valence-corrected chi connectivity index (χ0v) is 12.7. The van der Waals surface area contributed by atoms with Crippen LogP contribution in [-0.4, -0.2) is 27.3 Å². The molecule has 0 bridgehead atoms. The van der Waals surface area contributed by atoms with E-state index < -0.39 is 5.60 Å². The predicted octanol–water partition coefficient (Wildman–Crippen LogP) is 3.45. The van der Waals surface area contributed by atoms with Crippen LogP contribution >= 0.6 is 11.8 Å². The average molecular weight is 290 g/mol. The summed E-state index contributed by atoms with van der Waals surface area (Å²) in [7, 11) is 0. The lowest BCUT2D eigenvalue weighted by atomic mass is 10.2. The predicted molar refractivity (Wildman–Crippen MR) is 80.7 cm³/mol. The number of fused-ring (bicyclic) bond motifs is 1. The number of hydrogen-bond acceptors (Lipinski definition) is 5. The average Bonchev–Trinajstić information content (AvgIpc) is 2.37. The molecule has 2 aromatic rings. The molecule has 106 valence electrons. The molecule has 0 radical (unpaired) electrons. The largest absolute Gasteiger partial charge is 0.460 e. The van der Waals surface area contributed by atoms with Crippen molar-refractivity contribution < 1.29 is 9.53 Å². The summed E-state index contributed by atoms with van der Waals surface area (Å²) in [5.41, 5.74) is 0.492. The van der Waals surface area contributed by atoms with Crippen LogP contribution in [0.25, 0.3) is 10.9 Å². The van der Waals surface area contributed by atoms with Crippen molar-refractivity contribution in [2.75, 3.05) is 5.75 Å². The third-order valence-electron chi connectivity index (χ3n) is 2.47. The molecule has 1 aromatic heterocycles. The van der Waals surface area contributed by atoms with E-state index in [1.165, 1.54) is 0 Å². The zero-order chi connectivity index (χ0) is 14.6. The van der Waals surface area contributed by atoms with Crippen molar-refractivity contribution in [1.29, 1.82) is 0 Å². The zero-order valence-electron chi connectivity index (χ0n) is 11.9. The van der Waals surface area contributed by atoms with E-state index in [4.69, 9.17) is 4.74 Å². The summed E-state index contributed by atoms with van der Waals surface area (Å²) in [6.07, 6.45) is 1.93. The van der Waals surface area contributed by atoms with Crippen molar-refractivity contribution in [2.45, 2.75) is 37.8 Å². The van der Waals surface area contributed by atoms with Crippen LogP contribution in [-0.2, 0) is 9.53 Å². The van der Waals surface area contributed by atoms with Crippen molar-refractivity contribution >= 4 is 28.6 Å². The maximum atomic E-state index is 11.6. The highest BCUT2D eigenvalue weighted by atomic mass is 32.2. The van der Waals surface area contributed by atoms with Gasteiger partial charge in [-0.2, -0.15) is 0 Å². The molecule has 0 unspecified atom stereocenters. The molecular weight excluding hydrogens is 272 g/mol. The van der Waals surface area contributed by atoms with E-state index in [1.54, 1.807) is 18.1 Å². The molecule has 1 aromatic carbocycles. The van der Waals surface area contributed by atoms with Crippen molar-refractivity contribution in [1.82, 2.24) is 9.97 Å². The van der Waals surface area contributed by atoms with Crippen molar-refractivity contribution in [2.24, 2.45) is 0 Å². The first-order valence-electron chi connectivity index (χ1n) is 6.50. The van der Waals surface area contributed by atoms with Gasteiger partial charge in [-0.05, 0) is 26.8 Å². The molecule has 0 saturated carbocycles. The molecule has 2 rings (SSSR count). The number of thioether (sulfide) groups is 1. The third-order valence-corrected chi connectivity index (χ3v) is 3.48. The number of aromatic nitrogens is 2. The van der Waals surface area contributed by atoms with Crippen LogP contribution in [0.2, 0.25) is 0 Å². The van der Waals surface area contributed by atoms with Gasteiger partial charge in [-0.3, -0.25) is 4.79 Å². The minimum atomic E-state index is -0.427. The van der Waals surface area contributed by atoms with Crippen LogP contribution in [0.15, 0.2) is 35.6 Å². The van der Waals surface area contributed by atoms with E-state index in [9.17, 15) is 4.79 Å². The highest BCUT2D eigenvalue weighted by molar-refractivity contribution is 7.99. The number of rotatable bonds is 4. The van der Waals surface area contributed by atoms with Crippen LogP contribution in [0.1, 0.15) is 27.2 Å². The number of nitrogens with zero attached hydrogens (tertiary/aromatic N) is 2. The normalized spacial score (nSPS) is 11.6. The van der Waals surface area contributed by atoms with Gasteiger partial charge in [-0.1, -0.05) is 18.2 Å². The minimum absolute atomic E-state index is 0.177. The molecule has 4 nitrogen and oxygen atoms in total. The van der Waals surface area contributed by atoms with Crippen LogP contribution in [0.5, 0.6) is 0 Å². The summed E-state index contributed by atoms with van der Waals surface area (Å²) in [4.78, 5) is 20.1. The van der Waals surface area contributed by atoms with Gasteiger partial charge in [0.1, 0.15) is 17.0 Å². The Balaban J connectivity index is 1.95. The second-order valence-electron chi connectivity index (χ2n) is 5.38. The number of ether oxygens (including phenoxy) is 1. The summed E-state index contributed by atoms with van der Waals surface area (Å²) in [6.45, 7) is 5.61. The first-order valence-corrected chi connectivity index (χ1v) is 7.49. The molecule has 0 aliphatic heterocycles. The van der Waals surface area contributed by atoms with Crippen molar-refractivity contribution in [3.05, 3.63) is 30.6 Å². The highest BCUT2D eigenvalue weighted by Crippen LogP contribution is 2.24. The second-order valence-corrected chi connectivity index (χ2v) is 6.46. The maximum absolute atomic E-state index is 11.6. The topological polar surface area (TPSA) is 52.1 Å². The SMILES string of the molecule is CC(C)(C)OC(=O)CCSc1ncnc2ccccc12. The quantitative estimate of drug-likeness (QED) is 0.490. The van der Waals surface area contributed by atoms with Crippen molar-refractivity contribution in [3.63, 3.8) is 0 Å². The molecule has 0 N–H and O–H groups in total. The molecule has 0 fully saturated rings. The molecule has 0 spiro atoms. The van der Waals surface area contributed by atoms with Crippen LogP contribution < -0.4 is 0 Å². The molecule has 1 heterocycles. The van der Waals surface area contributed by atoms with E-state index in [0.717, 1.165) is 15.9 Å². The summed E-state index contributed by atoms with van der Waals surface area (Å²) < 4.78 is 5.28. The van der Waals surface area contributed by atoms with Gasteiger partial charge in [-0.25, -0.2) is 9.97 Å². The Morgan fingerprint density at radius 3 is 2.75 bits per heavy atom. The lowest BCUT2D eigenvalue weighted by Gasteiger charge is -2.19. The fourth-order valence-electron chi connectivity index (χ4n) is 1.72. The Bertz CT molecular complexity index is 603. The minimum Gasteiger partial charge on any atom is -0.460 e. The van der Waals surface area contributed by atoms with Crippen LogP contribution in [0, 0.1) is 0 Å². The maximum Gasteiger partial charge on any atom is 0.307 e. The molecule has 0 saturated heterocycles. The van der Waals surface area contributed by atoms with Gasteiger partial charge >= 0.3 is 5.97 Å². The van der Waals surface area contributed by atoms with Gasteiger partial charge in [-0.15, -0.1) is 11.8 Å². The number of para-hydroxylation sites is 1. The number of carbonyl (C=O) groups excluding carboxylic acids is 1. The van der Waals surface area contributed by atoms with Gasteiger partial charge in [0, 0.05) is 11.1 Å². The lowest BCUT2D eigenvalue weighted by Crippen LogP contribution is -2.24. The monoisotopic (exact) mass is 290 g/mol. The fourth-order valence-corrected chi connectivity index (χ4v) is 2.63. The summed E-state index contributed by atoms with van der Waals surface area (Å²) in [6, 6.07) is 7.86. The van der Waals surface area contributed by atoms with E-state index in [1.807, 2.05) is 45.0 Å². The van der Waals surface area contributed by atoms with E-state index >= 15 is 0 Å². The van der Waals surface area contributed by atoms with Gasteiger partial charge in [0.05, 0.1) is 11.9 Å². The number of hydrogen-bond donors (Lipinski definition) is 0. The third kappa shape index (κ3) is 4.20. The standard InChI is InChI=1S/C15H18N2O2S/c1-15(2,3)19-13(18)8-9-20-14-11-6-4-5-7-12(11)16-10-17-14/h4-7,10H,8-9H2,1-3H3. The number of benzene rings is 1. The highest BCUT2D eigenvalue weighted by Gasteiger charge is 2.16. The van der Waals surface area contributed by atoms with E-state index in [2.05, 4.69) is 9.97 Å². The van der Waals surface area contributed by atoms with Gasteiger partial charge in [0.2, 0.25) is 0 Å². The molecule has 0 aliphatic rings. The van der Waals surface area contributed by atoms with Crippen LogP contribution in [0.4, 0.5) is 0 Å². The fraction of sp³-hybridized carbons (Fsp3) is 0.400. The van der Waals surface area contributed by atoms with Crippen molar-refractivity contribution in [3.8, 4) is 0 Å². The molecule has 5 heteroatoms. The Morgan fingerprint density at radius 1 is 1.25 bits per heavy atom. The summed E-state index contributed by atoms with van der Waals surface area (Å²) in [5.74, 6) is 0.471. The first-order chi connectivity index (χ1) is 9.46. The Hall–Kier alpha value is -1.62. The molecule has 0 atom stereocenters. The van der Waals surface area contributed by atoms with E-state index in [0.29, 0.717) is 12.2 Å². The van der Waals surface area contributed by atoms with Gasteiger partial charge in [0.25, 0.3) is 0 Å². The first kappa shape index (κ1) is 14.8. The lowest BCUT2D eigenvalue weighted by molar-refractivity contribution is -0.154. The Kier molecular flexibility index (Phi) is 4.60. The van der Waals surface area contributed by atoms with Crippen LogP contribution in [0.3, 0.4) is 0 Å². The summed E-state index contributed by atoms with van der Waals surface area (Å²) in [5, 5.41) is 1.92. The second kappa shape index (κ2) is 6.22. The molecule has 20 heavy (non-hydrogen) atoms. The van der Waals surface area contributed by atoms with E-state index in [-0.39, 0.29) is 5.97 Å². The summed E-state index contributed by atoms with van der Waals surface area (Å²) >= 11 is 1.55. The molecule has 0 aliphatic carbocycles. The smallest absolute Gasteiger partial charge is 0.307 e. The number of carbonyl (C=O) groups is 1. The molecule has 0 amide bonds. The Morgan fingerprint density at radius 2 is 2.00 bits per heavy atom. The Labute approximate surface area is 123 Å². The number of esters is 1.